The molecule has 0 bridgehead atoms. The molecule has 9 heteroatoms. The van der Waals surface area contributed by atoms with E-state index in [4.69, 9.17) is 0 Å². The average Bonchev–Trinajstić information content (AvgIpc) is 3.03. The van der Waals surface area contributed by atoms with Gasteiger partial charge in [0.25, 0.3) is 0 Å². The van der Waals surface area contributed by atoms with E-state index in [2.05, 4.69) is 12.2 Å². The van der Waals surface area contributed by atoms with E-state index in [0.29, 0.717) is 37.5 Å². The quantitative estimate of drug-likeness (QED) is 0.520. The van der Waals surface area contributed by atoms with Gasteiger partial charge in [0, 0.05) is 31.7 Å². The first-order chi connectivity index (χ1) is 15.3. The standard InChI is InChI=1S/C23H29N3O5S/c1-16-10-13-25(14-11-16)32(30,31)18-8-6-17(7-9-18)24-21(27)12-15-26-22(28)19-4-2-3-5-20(19)23(26)29/h2-3,6-9,16,19-20H,4-5,10-15H2,1H3,(H,24,27)/t19-,20-/m1/s1. The van der Waals surface area contributed by atoms with Gasteiger partial charge in [0.05, 0.1) is 16.7 Å². The highest BCUT2D eigenvalue weighted by Crippen LogP contribution is 2.35. The van der Waals surface area contributed by atoms with Crippen molar-refractivity contribution in [2.24, 2.45) is 17.8 Å². The number of anilines is 1. The Balaban J connectivity index is 1.31. The van der Waals surface area contributed by atoms with E-state index in [-0.39, 0.29) is 47.4 Å². The number of carbonyl (C=O) groups excluding carboxylic acids is 3. The van der Waals surface area contributed by atoms with Crippen LogP contribution in [0.15, 0.2) is 41.3 Å². The summed E-state index contributed by atoms with van der Waals surface area (Å²) in [5.41, 5.74) is 0.471. The lowest BCUT2D eigenvalue weighted by molar-refractivity contribution is -0.140. The Morgan fingerprint density at radius 3 is 2.12 bits per heavy atom. The molecule has 3 amide bonds. The summed E-state index contributed by atoms with van der Waals surface area (Å²) in [6, 6.07) is 6.11. The first kappa shape index (κ1) is 22.7. The minimum Gasteiger partial charge on any atom is -0.326 e. The molecule has 4 rings (SSSR count). The highest BCUT2D eigenvalue weighted by atomic mass is 32.2. The number of carbonyl (C=O) groups is 3. The molecule has 2 saturated heterocycles. The molecule has 0 radical (unpaired) electrons. The van der Waals surface area contributed by atoms with Crippen LogP contribution in [-0.4, -0.2) is 55.0 Å². The van der Waals surface area contributed by atoms with Crippen molar-refractivity contribution >= 4 is 33.4 Å². The normalized spacial score (nSPS) is 24.6. The van der Waals surface area contributed by atoms with E-state index in [1.54, 1.807) is 12.1 Å². The molecule has 1 aliphatic carbocycles. The number of nitrogens with one attached hydrogen (secondary N) is 1. The fourth-order valence-corrected chi connectivity index (χ4v) is 6.08. The van der Waals surface area contributed by atoms with Crippen LogP contribution in [0.3, 0.4) is 0 Å². The molecule has 3 aliphatic rings. The minimum atomic E-state index is -3.54. The topological polar surface area (TPSA) is 104 Å². The van der Waals surface area contributed by atoms with Crippen LogP contribution in [0.1, 0.15) is 39.0 Å². The predicted molar refractivity (Wildman–Crippen MR) is 119 cm³/mol. The molecule has 2 aliphatic heterocycles. The van der Waals surface area contributed by atoms with Crippen molar-refractivity contribution in [3.05, 3.63) is 36.4 Å². The summed E-state index contributed by atoms with van der Waals surface area (Å²) in [5, 5.41) is 2.71. The number of amides is 3. The van der Waals surface area contributed by atoms with Gasteiger partial charge in [0.15, 0.2) is 0 Å². The van der Waals surface area contributed by atoms with Gasteiger partial charge in [-0.05, 0) is 55.9 Å². The Hall–Kier alpha value is -2.52. The molecule has 2 heterocycles. The summed E-state index contributed by atoms with van der Waals surface area (Å²) >= 11 is 0. The average molecular weight is 460 g/mol. The Morgan fingerprint density at radius 1 is 1.00 bits per heavy atom. The number of allylic oxidation sites excluding steroid dienone is 2. The molecule has 0 saturated carbocycles. The zero-order chi connectivity index (χ0) is 22.9. The third-order valence-electron chi connectivity index (χ3n) is 6.68. The fourth-order valence-electron chi connectivity index (χ4n) is 4.61. The monoisotopic (exact) mass is 459 g/mol. The maximum absolute atomic E-state index is 12.8. The van der Waals surface area contributed by atoms with Crippen LogP contribution in [0.4, 0.5) is 5.69 Å². The second kappa shape index (κ2) is 9.15. The number of rotatable bonds is 6. The summed E-state index contributed by atoms with van der Waals surface area (Å²) < 4.78 is 27.1. The smallest absolute Gasteiger partial charge is 0.243 e. The SMILES string of the molecule is CC1CCN(S(=O)(=O)c2ccc(NC(=O)CCN3C(=O)[C@@H]4CC=CC[C@H]4C3=O)cc2)CC1. The number of piperidine rings is 1. The number of nitrogens with zero attached hydrogens (tertiary/aromatic N) is 2. The van der Waals surface area contributed by atoms with Gasteiger partial charge in [0.2, 0.25) is 27.7 Å². The lowest BCUT2D eigenvalue weighted by Gasteiger charge is -2.29. The van der Waals surface area contributed by atoms with Crippen molar-refractivity contribution in [2.45, 2.75) is 43.9 Å². The zero-order valence-electron chi connectivity index (χ0n) is 18.2. The van der Waals surface area contributed by atoms with Crippen molar-refractivity contribution in [2.75, 3.05) is 25.0 Å². The molecule has 1 aromatic rings. The van der Waals surface area contributed by atoms with Crippen LogP contribution < -0.4 is 5.32 Å². The number of likely N-dealkylation sites (tertiary alicyclic amines) is 1. The second-order valence-electron chi connectivity index (χ2n) is 8.89. The molecule has 2 fully saturated rings. The molecule has 32 heavy (non-hydrogen) atoms. The van der Waals surface area contributed by atoms with Crippen LogP contribution in [0.5, 0.6) is 0 Å². The minimum absolute atomic E-state index is 0.00361. The highest BCUT2D eigenvalue weighted by Gasteiger charge is 2.46. The van der Waals surface area contributed by atoms with Crippen molar-refractivity contribution in [3.8, 4) is 0 Å². The highest BCUT2D eigenvalue weighted by molar-refractivity contribution is 7.89. The number of hydrogen-bond donors (Lipinski definition) is 1. The van der Waals surface area contributed by atoms with Crippen LogP contribution >= 0.6 is 0 Å². The van der Waals surface area contributed by atoms with Gasteiger partial charge in [-0.1, -0.05) is 19.1 Å². The molecule has 1 N–H and O–H groups in total. The number of fused-ring (bicyclic) bond motifs is 1. The summed E-state index contributed by atoms with van der Waals surface area (Å²) in [5.74, 6) is -0.788. The number of imide groups is 1. The third-order valence-corrected chi connectivity index (χ3v) is 8.59. The van der Waals surface area contributed by atoms with E-state index >= 15 is 0 Å². The molecule has 1 aromatic carbocycles. The predicted octanol–water partition coefficient (Wildman–Crippen LogP) is 2.39. The summed E-state index contributed by atoms with van der Waals surface area (Å²) in [6.07, 6.45) is 6.71. The van der Waals surface area contributed by atoms with Crippen LogP contribution in [0, 0.1) is 17.8 Å². The van der Waals surface area contributed by atoms with Gasteiger partial charge in [-0.2, -0.15) is 4.31 Å². The van der Waals surface area contributed by atoms with Gasteiger partial charge >= 0.3 is 0 Å². The molecular weight excluding hydrogens is 430 g/mol. The van der Waals surface area contributed by atoms with Crippen molar-refractivity contribution in [1.82, 2.24) is 9.21 Å². The molecule has 8 nitrogen and oxygen atoms in total. The Morgan fingerprint density at radius 2 is 1.56 bits per heavy atom. The van der Waals surface area contributed by atoms with Crippen molar-refractivity contribution < 1.29 is 22.8 Å². The third kappa shape index (κ3) is 4.49. The van der Waals surface area contributed by atoms with Crippen molar-refractivity contribution in [3.63, 3.8) is 0 Å². The molecule has 2 atom stereocenters. The molecule has 0 unspecified atom stereocenters. The molecule has 0 spiro atoms. The molecular formula is C23H29N3O5S. The summed E-state index contributed by atoms with van der Waals surface area (Å²) in [7, 11) is -3.54. The summed E-state index contributed by atoms with van der Waals surface area (Å²) in [4.78, 5) is 38.7. The van der Waals surface area contributed by atoms with Crippen LogP contribution in [0.25, 0.3) is 0 Å². The van der Waals surface area contributed by atoms with E-state index in [1.807, 2.05) is 12.2 Å². The Labute approximate surface area is 188 Å². The van der Waals surface area contributed by atoms with Gasteiger partial charge in [-0.3, -0.25) is 19.3 Å². The first-order valence-electron chi connectivity index (χ1n) is 11.2. The maximum atomic E-state index is 12.8. The van der Waals surface area contributed by atoms with Gasteiger partial charge in [-0.25, -0.2) is 8.42 Å². The second-order valence-corrected chi connectivity index (χ2v) is 10.8. The van der Waals surface area contributed by atoms with E-state index in [9.17, 15) is 22.8 Å². The first-order valence-corrected chi connectivity index (χ1v) is 12.6. The lowest BCUT2D eigenvalue weighted by atomic mass is 9.85. The van der Waals surface area contributed by atoms with Gasteiger partial charge < -0.3 is 5.32 Å². The summed E-state index contributed by atoms with van der Waals surface area (Å²) in [6.45, 7) is 3.22. The van der Waals surface area contributed by atoms with Gasteiger partial charge in [0.1, 0.15) is 0 Å². The maximum Gasteiger partial charge on any atom is 0.243 e. The number of benzene rings is 1. The Bertz CT molecular complexity index is 1000. The lowest BCUT2D eigenvalue weighted by Crippen LogP contribution is -2.37. The van der Waals surface area contributed by atoms with E-state index in [0.717, 1.165) is 12.8 Å². The van der Waals surface area contributed by atoms with E-state index in [1.165, 1.54) is 21.3 Å². The van der Waals surface area contributed by atoms with Crippen LogP contribution in [-0.2, 0) is 24.4 Å². The van der Waals surface area contributed by atoms with Crippen LogP contribution in [0.2, 0.25) is 0 Å². The number of sulfonamides is 1. The van der Waals surface area contributed by atoms with Gasteiger partial charge in [-0.15, -0.1) is 0 Å². The largest absolute Gasteiger partial charge is 0.326 e. The molecule has 0 aromatic heterocycles. The zero-order valence-corrected chi connectivity index (χ0v) is 19.0. The number of hydrogen-bond acceptors (Lipinski definition) is 5. The molecule has 172 valence electrons. The fraction of sp³-hybridized carbons (Fsp3) is 0.522. The van der Waals surface area contributed by atoms with E-state index < -0.39 is 10.0 Å². The Kier molecular flexibility index (Phi) is 6.48. The van der Waals surface area contributed by atoms with Crippen molar-refractivity contribution in [1.29, 1.82) is 0 Å².